The van der Waals surface area contributed by atoms with E-state index in [-0.39, 0.29) is 0 Å². The predicted molar refractivity (Wildman–Crippen MR) is 76.1 cm³/mol. The lowest BCUT2D eigenvalue weighted by atomic mass is 10.4. The molecule has 18 heavy (non-hydrogen) atoms. The van der Waals surface area contributed by atoms with Crippen LogP contribution in [0.2, 0.25) is 0 Å². The fraction of sp³-hybridized carbons (Fsp3) is 0.583. The molecule has 2 aromatic rings. The van der Waals surface area contributed by atoms with E-state index in [1.807, 2.05) is 0 Å². The van der Waals surface area contributed by atoms with Gasteiger partial charge in [-0.2, -0.15) is 4.98 Å². The number of hydrogen-bond acceptors (Lipinski definition) is 5. The molecule has 2 heterocycles. The zero-order chi connectivity index (χ0) is 12.8. The van der Waals surface area contributed by atoms with Gasteiger partial charge in [-0.05, 0) is 18.6 Å². The van der Waals surface area contributed by atoms with Gasteiger partial charge in [0, 0.05) is 6.54 Å². The first-order valence-corrected chi connectivity index (χ1v) is 7.41. The molecule has 0 saturated carbocycles. The number of imidazole rings is 1. The third kappa shape index (κ3) is 3.13. The molecule has 0 radical (unpaired) electrons. The lowest BCUT2D eigenvalue weighted by Crippen LogP contribution is -2.05. The molecule has 0 aliphatic rings. The molecular weight excluding hydrogens is 246 g/mol. The molecule has 0 amide bonds. The zero-order valence-electron chi connectivity index (χ0n) is 10.9. The minimum absolute atomic E-state index is 0.676. The van der Waals surface area contributed by atoms with Gasteiger partial charge in [0.05, 0.1) is 6.33 Å². The highest BCUT2D eigenvalue weighted by atomic mass is 32.2. The van der Waals surface area contributed by atoms with Gasteiger partial charge in [0.15, 0.2) is 5.65 Å². The van der Waals surface area contributed by atoms with Crippen molar-refractivity contribution in [2.45, 2.75) is 38.1 Å². The van der Waals surface area contributed by atoms with E-state index < -0.39 is 0 Å². The van der Waals surface area contributed by atoms with E-state index in [0.717, 1.165) is 34.9 Å². The molecule has 98 valence electrons. The average Bonchev–Trinajstić information content (AvgIpc) is 2.85. The Kier molecular flexibility index (Phi) is 4.81. The molecule has 0 fully saturated rings. The second kappa shape index (κ2) is 6.58. The normalized spacial score (nSPS) is 11.0. The van der Waals surface area contributed by atoms with E-state index >= 15 is 0 Å². The van der Waals surface area contributed by atoms with E-state index in [2.05, 4.69) is 39.1 Å². The first-order valence-electron chi connectivity index (χ1n) is 6.43. The number of anilines is 1. The summed E-state index contributed by atoms with van der Waals surface area (Å²) in [7, 11) is 0. The highest BCUT2D eigenvalue weighted by Crippen LogP contribution is 2.25. The molecule has 5 nitrogen and oxygen atoms in total. The standard InChI is InChI=1S/C12H19N5S/c1-3-5-7-18-11-9-10(15-8-14-9)16-12(17-11)13-6-4-2/h8H,3-7H2,1-2H3,(H2,13,14,15,16,17). The van der Waals surface area contributed by atoms with Crippen LogP contribution >= 0.6 is 11.8 Å². The van der Waals surface area contributed by atoms with Crippen LogP contribution in [0, 0.1) is 0 Å². The number of fused-ring (bicyclic) bond motifs is 1. The predicted octanol–water partition coefficient (Wildman–Crippen LogP) is 3.07. The number of aromatic amines is 1. The Morgan fingerprint density at radius 1 is 1.28 bits per heavy atom. The van der Waals surface area contributed by atoms with E-state index in [1.165, 1.54) is 12.8 Å². The summed E-state index contributed by atoms with van der Waals surface area (Å²) in [4.78, 5) is 16.3. The van der Waals surface area contributed by atoms with E-state index in [0.29, 0.717) is 5.95 Å². The van der Waals surface area contributed by atoms with Crippen molar-refractivity contribution in [3.8, 4) is 0 Å². The van der Waals surface area contributed by atoms with Gasteiger partial charge in [0.25, 0.3) is 0 Å². The van der Waals surface area contributed by atoms with Crippen LogP contribution in [0.3, 0.4) is 0 Å². The molecule has 2 N–H and O–H groups in total. The van der Waals surface area contributed by atoms with Gasteiger partial charge in [-0.3, -0.25) is 0 Å². The Hall–Kier alpha value is -1.30. The summed E-state index contributed by atoms with van der Waals surface area (Å²) in [5, 5.41) is 4.21. The molecule has 0 bridgehead atoms. The molecule has 0 atom stereocenters. The van der Waals surface area contributed by atoms with Crippen molar-refractivity contribution >= 4 is 28.9 Å². The summed E-state index contributed by atoms with van der Waals surface area (Å²) < 4.78 is 0. The maximum atomic E-state index is 4.55. The van der Waals surface area contributed by atoms with Crippen LogP contribution in [0.15, 0.2) is 11.4 Å². The lowest BCUT2D eigenvalue weighted by Gasteiger charge is -2.06. The first-order chi connectivity index (χ1) is 8.85. The largest absolute Gasteiger partial charge is 0.354 e. The van der Waals surface area contributed by atoms with Crippen LogP contribution in [0.25, 0.3) is 11.2 Å². The number of nitrogens with one attached hydrogen (secondary N) is 2. The van der Waals surface area contributed by atoms with Gasteiger partial charge >= 0.3 is 0 Å². The average molecular weight is 265 g/mol. The van der Waals surface area contributed by atoms with E-state index in [1.54, 1.807) is 18.1 Å². The van der Waals surface area contributed by atoms with Crippen LogP contribution in [0.5, 0.6) is 0 Å². The van der Waals surface area contributed by atoms with Crippen LogP contribution in [-0.4, -0.2) is 32.2 Å². The molecule has 2 aromatic heterocycles. The summed E-state index contributed by atoms with van der Waals surface area (Å²) in [5.41, 5.74) is 1.68. The summed E-state index contributed by atoms with van der Waals surface area (Å²) in [5.74, 6) is 1.75. The van der Waals surface area contributed by atoms with E-state index in [9.17, 15) is 0 Å². The summed E-state index contributed by atoms with van der Waals surface area (Å²) in [6, 6.07) is 0. The number of thioether (sulfide) groups is 1. The number of hydrogen-bond donors (Lipinski definition) is 2. The van der Waals surface area contributed by atoms with Crippen molar-refractivity contribution in [2.75, 3.05) is 17.6 Å². The van der Waals surface area contributed by atoms with Gasteiger partial charge in [-0.25, -0.2) is 9.97 Å². The Morgan fingerprint density at radius 2 is 2.17 bits per heavy atom. The van der Waals surface area contributed by atoms with Crippen LogP contribution in [0.4, 0.5) is 5.95 Å². The smallest absolute Gasteiger partial charge is 0.225 e. The number of nitrogens with zero attached hydrogens (tertiary/aromatic N) is 3. The molecule has 0 aromatic carbocycles. The highest BCUT2D eigenvalue weighted by Gasteiger charge is 2.09. The third-order valence-electron chi connectivity index (χ3n) is 2.52. The molecule has 6 heteroatoms. The minimum Gasteiger partial charge on any atom is -0.354 e. The fourth-order valence-corrected chi connectivity index (χ4v) is 2.61. The second-order valence-corrected chi connectivity index (χ2v) is 5.17. The molecule has 0 aliphatic heterocycles. The Bertz CT molecular complexity index is 496. The number of H-pyrrole nitrogens is 1. The van der Waals surface area contributed by atoms with Crippen molar-refractivity contribution in [3.63, 3.8) is 0 Å². The van der Waals surface area contributed by atoms with Gasteiger partial charge < -0.3 is 10.3 Å². The lowest BCUT2D eigenvalue weighted by molar-refractivity contribution is 0.894. The quantitative estimate of drug-likeness (QED) is 0.457. The van der Waals surface area contributed by atoms with Crippen molar-refractivity contribution in [1.29, 1.82) is 0 Å². The number of unbranched alkanes of at least 4 members (excludes halogenated alkanes) is 1. The minimum atomic E-state index is 0.676. The van der Waals surface area contributed by atoms with Crippen molar-refractivity contribution in [1.82, 2.24) is 19.9 Å². The summed E-state index contributed by atoms with van der Waals surface area (Å²) >= 11 is 1.76. The van der Waals surface area contributed by atoms with Gasteiger partial charge in [0.1, 0.15) is 10.5 Å². The monoisotopic (exact) mass is 265 g/mol. The molecule has 0 saturated heterocycles. The third-order valence-corrected chi connectivity index (χ3v) is 3.58. The molecular formula is C12H19N5S. The molecule has 0 unspecified atom stereocenters. The zero-order valence-corrected chi connectivity index (χ0v) is 11.7. The molecule has 0 spiro atoms. The van der Waals surface area contributed by atoms with Crippen LogP contribution in [-0.2, 0) is 0 Å². The van der Waals surface area contributed by atoms with Crippen molar-refractivity contribution in [3.05, 3.63) is 6.33 Å². The van der Waals surface area contributed by atoms with Gasteiger partial charge in [-0.15, -0.1) is 11.8 Å². The maximum Gasteiger partial charge on any atom is 0.225 e. The maximum absolute atomic E-state index is 4.55. The van der Waals surface area contributed by atoms with Crippen molar-refractivity contribution in [2.24, 2.45) is 0 Å². The van der Waals surface area contributed by atoms with Gasteiger partial charge in [0.2, 0.25) is 5.95 Å². The molecule has 0 aliphatic carbocycles. The SMILES string of the molecule is CCCCSc1nc(NCCC)nc2nc[nH]c12. The Labute approximate surface area is 111 Å². The summed E-state index contributed by atoms with van der Waals surface area (Å²) in [6.07, 6.45) is 5.13. The Balaban J connectivity index is 2.21. The van der Waals surface area contributed by atoms with Crippen LogP contribution in [0.1, 0.15) is 33.1 Å². The van der Waals surface area contributed by atoms with Crippen molar-refractivity contribution < 1.29 is 0 Å². The number of aromatic nitrogens is 4. The second-order valence-electron chi connectivity index (χ2n) is 4.08. The van der Waals surface area contributed by atoms with Crippen LogP contribution < -0.4 is 5.32 Å². The highest BCUT2D eigenvalue weighted by molar-refractivity contribution is 7.99. The molecule has 2 rings (SSSR count). The summed E-state index contributed by atoms with van der Waals surface area (Å²) in [6.45, 7) is 5.20. The Morgan fingerprint density at radius 3 is 2.94 bits per heavy atom. The van der Waals surface area contributed by atoms with E-state index in [4.69, 9.17) is 0 Å². The topological polar surface area (TPSA) is 66.5 Å². The first kappa shape index (κ1) is 13.1. The number of rotatable bonds is 7. The fourth-order valence-electron chi connectivity index (χ4n) is 1.54. The van der Waals surface area contributed by atoms with Gasteiger partial charge in [-0.1, -0.05) is 20.3 Å².